The molecule has 0 aliphatic carbocycles. The number of hydrogen-bond acceptors (Lipinski definition) is 1. The Morgan fingerprint density at radius 3 is 2.18 bits per heavy atom. The second-order valence-electron chi connectivity index (χ2n) is 3.48. The van der Waals surface area contributed by atoms with E-state index in [1.165, 1.54) is 30.3 Å². The molecule has 86 valence electrons. The lowest BCUT2D eigenvalue weighted by Crippen LogP contribution is -1.89. The fourth-order valence-electron chi connectivity index (χ4n) is 1.48. The molecule has 4 heteroatoms. The van der Waals surface area contributed by atoms with Gasteiger partial charge in [0.05, 0.1) is 10.6 Å². The normalized spacial score (nSPS) is 10.3. The standard InChI is InChI=1S/C13H7ClF2O/c14-11-5-8(3-4-12(11)15)9-1-2-10(7-17)13(16)6-9/h1-7H. The first kappa shape index (κ1) is 11.7. The van der Waals surface area contributed by atoms with Gasteiger partial charge in [-0.3, -0.25) is 4.79 Å². The van der Waals surface area contributed by atoms with Crippen LogP contribution in [0.1, 0.15) is 10.4 Å². The summed E-state index contributed by atoms with van der Waals surface area (Å²) >= 11 is 5.64. The molecule has 0 atom stereocenters. The van der Waals surface area contributed by atoms with Gasteiger partial charge in [-0.2, -0.15) is 0 Å². The summed E-state index contributed by atoms with van der Waals surface area (Å²) in [5.74, 6) is -1.14. The molecule has 0 aliphatic rings. The van der Waals surface area contributed by atoms with Crippen LogP contribution in [-0.4, -0.2) is 6.29 Å². The van der Waals surface area contributed by atoms with Crippen molar-refractivity contribution in [3.63, 3.8) is 0 Å². The van der Waals surface area contributed by atoms with Crippen molar-refractivity contribution in [3.8, 4) is 11.1 Å². The van der Waals surface area contributed by atoms with Crippen LogP contribution < -0.4 is 0 Å². The van der Waals surface area contributed by atoms with Crippen molar-refractivity contribution < 1.29 is 13.6 Å². The van der Waals surface area contributed by atoms with Gasteiger partial charge in [-0.25, -0.2) is 8.78 Å². The lowest BCUT2D eigenvalue weighted by atomic mass is 10.0. The van der Waals surface area contributed by atoms with Gasteiger partial charge in [0.15, 0.2) is 6.29 Å². The second kappa shape index (κ2) is 4.63. The molecular formula is C13H7ClF2O. The van der Waals surface area contributed by atoms with Crippen LogP contribution in [0.2, 0.25) is 5.02 Å². The topological polar surface area (TPSA) is 17.1 Å². The highest BCUT2D eigenvalue weighted by atomic mass is 35.5. The first-order chi connectivity index (χ1) is 8.11. The molecule has 2 aromatic carbocycles. The minimum atomic E-state index is -0.613. The molecule has 0 fully saturated rings. The molecule has 0 saturated carbocycles. The number of hydrogen-bond donors (Lipinski definition) is 0. The van der Waals surface area contributed by atoms with E-state index >= 15 is 0 Å². The van der Waals surface area contributed by atoms with Gasteiger partial charge in [0.25, 0.3) is 0 Å². The van der Waals surface area contributed by atoms with Crippen LogP contribution in [0.3, 0.4) is 0 Å². The van der Waals surface area contributed by atoms with E-state index in [9.17, 15) is 13.6 Å². The van der Waals surface area contributed by atoms with E-state index < -0.39 is 11.6 Å². The number of aldehydes is 1. The highest BCUT2D eigenvalue weighted by molar-refractivity contribution is 6.31. The zero-order valence-electron chi connectivity index (χ0n) is 8.58. The first-order valence-electron chi connectivity index (χ1n) is 4.82. The highest BCUT2D eigenvalue weighted by Crippen LogP contribution is 2.25. The minimum Gasteiger partial charge on any atom is -0.298 e. The molecular weight excluding hydrogens is 246 g/mol. The molecule has 0 unspecified atom stereocenters. The van der Waals surface area contributed by atoms with E-state index in [0.717, 1.165) is 0 Å². The smallest absolute Gasteiger partial charge is 0.152 e. The van der Waals surface area contributed by atoms with Gasteiger partial charge in [-0.15, -0.1) is 0 Å². The summed E-state index contributed by atoms with van der Waals surface area (Å²) < 4.78 is 26.3. The van der Waals surface area contributed by atoms with Crippen molar-refractivity contribution in [1.29, 1.82) is 0 Å². The van der Waals surface area contributed by atoms with Gasteiger partial charge in [-0.05, 0) is 35.4 Å². The lowest BCUT2D eigenvalue weighted by molar-refractivity contribution is 0.112. The third kappa shape index (κ3) is 2.34. The maximum Gasteiger partial charge on any atom is 0.152 e. The van der Waals surface area contributed by atoms with Crippen LogP contribution in [0, 0.1) is 11.6 Å². The van der Waals surface area contributed by atoms with Crippen LogP contribution in [-0.2, 0) is 0 Å². The molecule has 2 aromatic rings. The van der Waals surface area contributed by atoms with Crippen LogP contribution in [0.4, 0.5) is 8.78 Å². The molecule has 0 radical (unpaired) electrons. The van der Waals surface area contributed by atoms with Gasteiger partial charge in [-0.1, -0.05) is 23.7 Å². The largest absolute Gasteiger partial charge is 0.298 e. The van der Waals surface area contributed by atoms with Crippen molar-refractivity contribution >= 4 is 17.9 Å². The predicted octanol–water partition coefficient (Wildman–Crippen LogP) is 4.10. The summed E-state index contributed by atoms with van der Waals surface area (Å²) in [6.07, 6.45) is 0.441. The Balaban J connectivity index is 2.49. The summed E-state index contributed by atoms with van der Waals surface area (Å²) in [6, 6.07) is 8.28. The highest BCUT2D eigenvalue weighted by Gasteiger charge is 2.06. The Kier molecular flexibility index (Phi) is 3.20. The summed E-state index contributed by atoms with van der Waals surface area (Å²) in [5.41, 5.74) is 1.12. The van der Waals surface area contributed by atoms with Gasteiger partial charge in [0.1, 0.15) is 11.6 Å². The monoisotopic (exact) mass is 252 g/mol. The third-order valence-electron chi connectivity index (χ3n) is 2.38. The molecule has 0 amide bonds. The van der Waals surface area contributed by atoms with Crippen LogP contribution in [0.25, 0.3) is 11.1 Å². The third-order valence-corrected chi connectivity index (χ3v) is 2.67. The number of halogens is 3. The van der Waals surface area contributed by atoms with Crippen molar-refractivity contribution in [2.45, 2.75) is 0 Å². The zero-order valence-corrected chi connectivity index (χ0v) is 9.34. The van der Waals surface area contributed by atoms with Crippen molar-refractivity contribution in [1.82, 2.24) is 0 Å². The average molecular weight is 253 g/mol. The summed E-state index contributed by atoms with van der Waals surface area (Å²) in [6.45, 7) is 0. The van der Waals surface area contributed by atoms with Crippen LogP contribution >= 0.6 is 11.6 Å². The first-order valence-corrected chi connectivity index (χ1v) is 5.20. The van der Waals surface area contributed by atoms with E-state index in [1.54, 1.807) is 6.07 Å². The molecule has 2 rings (SSSR count). The molecule has 0 aromatic heterocycles. The van der Waals surface area contributed by atoms with Crippen molar-refractivity contribution in [3.05, 3.63) is 58.6 Å². The quantitative estimate of drug-likeness (QED) is 0.736. The van der Waals surface area contributed by atoms with Crippen LogP contribution in [0.5, 0.6) is 0 Å². The Morgan fingerprint density at radius 1 is 0.941 bits per heavy atom. The second-order valence-corrected chi connectivity index (χ2v) is 3.89. The maximum absolute atomic E-state index is 13.4. The Labute approximate surface area is 102 Å². The lowest BCUT2D eigenvalue weighted by Gasteiger charge is -2.04. The molecule has 0 aliphatic heterocycles. The molecule has 0 N–H and O–H groups in total. The Morgan fingerprint density at radius 2 is 1.59 bits per heavy atom. The molecule has 17 heavy (non-hydrogen) atoms. The van der Waals surface area contributed by atoms with Gasteiger partial charge in [0, 0.05) is 0 Å². The number of rotatable bonds is 2. The van der Waals surface area contributed by atoms with Gasteiger partial charge in [0.2, 0.25) is 0 Å². The summed E-state index contributed by atoms with van der Waals surface area (Å²) in [4.78, 5) is 10.5. The van der Waals surface area contributed by atoms with Crippen LogP contribution in [0.15, 0.2) is 36.4 Å². The summed E-state index contributed by atoms with van der Waals surface area (Å²) in [7, 11) is 0. The predicted molar refractivity (Wildman–Crippen MR) is 62.2 cm³/mol. The molecule has 0 saturated heterocycles. The van der Waals surface area contributed by atoms with E-state index in [4.69, 9.17) is 11.6 Å². The summed E-state index contributed by atoms with van der Waals surface area (Å²) in [5, 5.41) is -0.0256. The average Bonchev–Trinajstić information content (AvgIpc) is 2.32. The number of carbonyl (C=O) groups is 1. The van der Waals surface area contributed by atoms with Crippen molar-refractivity contribution in [2.75, 3.05) is 0 Å². The Bertz CT molecular complexity index is 582. The molecule has 0 spiro atoms. The van der Waals surface area contributed by atoms with E-state index in [-0.39, 0.29) is 10.6 Å². The van der Waals surface area contributed by atoms with Gasteiger partial charge >= 0.3 is 0 Å². The number of carbonyl (C=O) groups excluding carboxylic acids is 1. The molecule has 1 nitrogen and oxygen atoms in total. The molecule has 0 heterocycles. The SMILES string of the molecule is O=Cc1ccc(-c2ccc(F)c(Cl)c2)cc1F. The van der Waals surface area contributed by atoms with Crippen molar-refractivity contribution in [2.24, 2.45) is 0 Å². The molecule has 0 bridgehead atoms. The fourth-order valence-corrected chi connectivity index (χ4v) is 1.66. The van der Waals surface area contributed by atoms with E-state index in [2.05, 4.69) is 0 Å². The fraction of sp³-hybridized carbons (Fsp3) is 0. The van der Waals surface area contributed by atoms with Gasteiger partial charge < -0.3 is 0 Å². The number of benzene rings is 2. The Hall–Kier alpha value is -1.74. The van der Waals surface area contributed by atoms with E-state index in [0.29, 0.717) is 17.4 Å². The maximum atomic E-state index is 13.4. The van der Waals surface area contributed by atoms with E-state index in [1.807, 2.05) is 0 Å². The minimum absolute atomic E-state index is 0.0121. The zero-order chi connectivity index (χ0) is 12.4.